The van der Waals surface area contributed by atoms with Gasteiger partial charge in [0.05, 0.1) is 18.9 Å². The lowest BCUT2D eigenvalue weighted by atomic mass is 10.1. The lowest BCUT2D eigenvalue weighted by molar-refractivity contribution is -0.138. The number of benzene rings is 1. The number of ether oxygens (including phenoxy) is 2. The SMILES string of the molecule is CCOC(=O)c1cc(C(=O)N[C@@H](CCC(=O)O)C(=O)N2CCN(C(=O)OCC)CC2)nn1-c1ccccc1. The zero-order valence-electron chi connectivity index (χ0n) is 21.3. The zero-order valence-corrected chi connectivity index (χ0v) is 21.3. The van der Waals surface area contributed by atoms with E-state index in [1.54, 1.807) is 44.2 Å². The van der Waals surface area contributed by atoms with Crippen LogP contribution in [-0.2, 0) is 19.1 Å². The van der Waals surface area contributed by atoms with Gasteiger partial charge in [-0.05, 0) is 32.4 Å². The summed E-state index contributed by atoms with van der Waals surface area (Å²) in [5.41, 5.74) is 0.399. The number of carbonyl (C=O) groups is 5. The van der Waals surface area contributed by atoms with Crippen LogP contribution in [0, 0.1) is 0 Å². The average Bonchev–Trinajstić information content (AvgIpc) is 3.37. The Bertz CT molecular complexity index is 1160. The van der Waals surface area contributed by atoms with Gasteiger partial charge >= 0.3 is 18.0 Å². The Morgan fingerprint density at radius 2 is 1.61 bits per heavy atom. The molecule has 0 unspecified atom stereocenters. The molecule has 1 aliphatic rings. The number of piperazine rings is 1. The molecule has 0 bridgehead atoms. The molecule has 2 N–H and O–H groups in total. The Morgan fingerprint density at radius 3 is 2.21 bits per heavy atom. The molecule has 0 spiro atoms. The molecule has 2 heterocycles. The summed E-state index contributed by atoms with van der Waals surface area (Å²) in [7, 11) is 0. The van der Waals surface area contributed by atoms with Crippen molar-refractivity contribution >= 4 is 29.8 Å². The summed E-state index contributed by atoms with van der Waals surface area (Å²) in [5.74, 6) is -3.03. The van der Waals surface area contributed by atoms with Gasteiger partial charge in [-0.25, -0.2) is 14.3 Å². The van der Waals surface area contributed by atoms with Crippen LogP contribution in [0.25, 0.3) is 5.69 Å². The van der Waals surface area contributed by atoms with Gasteiger partial charge in [0.1, 0.15) is 6.04 Å². The maximum Gasteiger partial charge on any atom is 0.409 e. The van der Waals surface area contributed by atoms with Crippen molar-refractivity contribution in [3.8, 4) is 5.69 Å². The molecule has 2 aromatic rings. The number of esters is 1. The molecule has 3 rings (SSSR count). The van der Waals surface area contributed by atoms with E-state index < -0.39 is 35.9 Å². The van der Waals surface area contributed by atoms with Crippen molar-refractivity contribution in [2.75, 3.05) is 39.4 Å². The minimum Gasteiger partial charge on any atom is -0.481 e. The zero-order chi connectivity index (χ0) is 27.7. The van der Waals surface area contributed by atoms with Crippen LogP contribution in [0.2, 0.25) is 0 Å². The Kier molecular flexibility index (Phi) is 9.79. The fraction of sp³-hybridized carbons (Fsp3) is 0.440. The largest absolute Gasteiger partial charge is 0.481 e. The molecule has 1 atom stereocenters. The third kappa shape index (κ3) is 7.08. The molecular formula is C25H31N5O8. The van der Waals surface area contributed by atoms with Crippen molar-refractivity contribution in [2.24, 2.45) is 0 Å². The van der Waals surface area contributed by atoms with E-state index >= 15 is 0 Å². The second-order valence-corrected chi connectivity index (χ2v) is 8.35. The maximum atomic E-state index is 13.3. The van der Waals surface area contributed by atoms with Gasteiger partial charge in [-0.15, -0.1) is 0 Å². The van der Waals surface area contributed by atoms with E-state index in [4.69, 9.17) is 14.6 Å². The van der Waals surface area contributed by atoms with Crippen LogP contribution in [0.15, 0.2) is 36.4 Å². The Morgan fingerprint density at radius 1 is 0.974 bits per heavy atom. The van der Waals surface area contributed by atoms with Crippen molar-refractivity contribution in [3.05, 3.63) is 47.8 Å². The summed E-state index contributed by atoms with van der Waals surface area (Å²) >= 11 is 0. The van der Waals surface area contributed by atoms with E-state index in [2.05, 4.69) is 10.4 Å². The van der Waals surface area contributed by atoms with Gasteiger partial charge in [-0.3, -0.25) is 14.4 Å². The van der Waals surface area contributed by atoms with E-state index in [1.165, 1.54) is 20.5 Å². The first kappa shape index (κ1) is 28.2. The monoisotopic (exact) mass is 529 g/mol. The van der Waals surface area contributed by atoms with Gasteiger partial charge in [0, 0.05) is 38.7 Å². The normalized spacial score (nSPS) is 13.9. The van der Waals surface area contributed by atoms with E-state index in [9.17, 15) is 24.0 Å². The molecule has 13 nitrogen and oxygen atoms in total. The Labute approximate surface area is 219 Å². The van der Waals surface area contributed by atoms with Gasteiger partial charge in [0.2, 0.25) is 5.91 Å². The van der Waals surface area contributed by atoms with Gasteiger partial charge in [-0.1, -0.05) is 18.2 Å². The summed E-state index contributed by atoms with van der Waals surface area (Å²) in [6.45, 7) is 4.60. The van der Waals surface area contributed by atoms with Crippen LogP contribution < -0.4 is 5.32 Å². The topological polar surface area (TPSA) is 160 Å². The second kappa shape index (κ2) is 13.2. The molecule has 0 aliphatic carbocycles. The number of nitrogens with one attached hydrogen (secondary N) is 1. The molecule has 1 fully saturated rings. The molecule has 0 saturated carbocycles. The quantitative estimate of drug-likeness (QED) is 0.433. The fourth-order valence-corrected chi connectivity index (χ4v) is 3.91. The number of rotatable bonds is 10. The second-order valence-electron chi connectivity index (χ2n) is 8.35. The van der Waals surface area contributed by atoms with Gasteiger partial charge in [0.25, 0.3) is 5.91 Å². The third-order valence-corrected chi connectivity index (χ3v) is 5.79. The standard InChI is InChI=1S/C25H31N5O8/c1-3-37-24(35)20-16-19(27-30(20)17-8-6-5-7-9-17)22(33)26-18(10-11-21(31)32)23(34)28-12-14-29(15-13-28)25(36)38-4-2/h5-9,16,18H,3-4,10-15H2,1-2H3,(H,26,33)(H,31,32)/t18-/m0/s1. The first-order valence-electron chi connectivity index (χ1n) is 12.3. The van der Waals surface area contributed by atoms with Crippen LogP contribution in [0.4, 0.5) is 4.79 Å². The highest BCUT2D eigenvalue weighted by Gasteiger charge is 2.32. The molecule has 38 heavy (non-hydrogen) atoms. The number of amides is 3. The number of para-hydroxylation sites is 1. The van der Waals surface area contributed by atoms with E-state index in [0.717, 1.165) is 0 Å². The summed E-state index contributed by atoms with van der Waals surface area (Å²) < 4.78 is 11.4. The molecule has 0 radical (unpaired) electrons. The number of nitrogens with zero attached hydrogens (tertiary/aromatic N) is 4. The van der Waals surface area contributed by atoms with Crippen LogP contribution in [0.3, 0.4) is 0 Å². The molecule has 13 heteroatoms. The predicted octanol–water partition coefficient (Wildman–Crippen LogP) is 1.31. The Hall–Kier alpha value is -4.42. The number of carboxylic acids is 1. The number of aliphatic carboxylic acids is 1. The average molecular weight is 530 g/mol. The summed E-state index contributed by atoms with van der Waals surface area (Å²) in [4.78, 5) is 65.0. The summed E-state index contributed by atoms with van der Waals surface area (Å²) in [6.07, 6.45) is -0.976. The highest BCUT2D eigenvalue weighted by Crippen LogP contribution is 2.15. The van der Waals surface area contributed by atoms with E-state index in [1.807, 2.05) is 0 Å². The molecule has 1 aromatic carbocycles. The van der Waals surface area contributed by atoms with Crippen molar-refractivity contribution < 1.29 is 38.6 Å². The van der Waals surface area contributed by atoms with Crippen molar-refractivity contribution in [1.82, 2.24) is 24.9 Å². The molecular weight excluding hydrogens is 498 g/mol. The Balaban J connectivity index is 1.78. The van der Waals surface area contributed by atoms with Crippen LogP contribution in [0.5, 0.6) is 0 Å². The molecule has 204 valence electrons. The van der Waals surface area contributed by atoms with Gasteiger partial charge in [0.15, 0.2) is 11.4 Å². The highest BCUT2D eigenvalue weighted by molar-refractivity contribution is 5.98. The van der Waals surface area contributed by atoms with Crippen LogP contribution in [0.1, 0.15) is 47.7 Å². The first-order chi connectivity index (χ1) is 18.2. The third-order valence-electron chi connectivity index (χ3n) is 5.79. The molecule has 1 aliphatic heterocycles. The molecule has 1 aromatic heterocycles. The first-order valence-corrected chi connectivity index (χ1v) is 12.3. The predicted molar refractivity (Wildman–Crippen MR) is 133 cm³/mol. The number of carboxylic acid groups (broad SMARTS) is 1. The minimum atomic E-state index is -1.15. The van der Waals surface area contributed by atoms with Crippen molar-refractivity contribution in [1.29, 1.82) is 0 Å². The van der Waals surface area contributed by atoms with Crippen molar-refractivity contribution in [2.45, 2.75) is 32.7 Å². The van der Waals surface area contributed by atoms with E-state index in [0.29, 0.717) is 5.69 Å². The fourth-order valence-electron chi connectivity index (χ4n) is 3.91. The number of carbonyl (C=O) groups excluding carboxylic acids is 4. The van der Waals surface area contributed by atoms with Crippen LogP contribution >= 0.6 is 0 Å². The molecule has 1 saturated heterocycles. The highest BCUT2D eigenvalue weighted by atomic mass is 16.6. The number of hydrogen-bond donors (Lipinski definition) is 2. The lowest BCUT2D eigenvalue weighted by Gasteiger charge is -2.35. The van der Waals surface area contributed by atoms with E-state index in [-0.39, 0.29) is 63.6 Å². The van der Waals surface area contributed by atoms with Gasteiger partial charge < -0.3 is 29.7 Å². The maximum absolute atomic E-state index is 13.3. The number of aromatic nitrogens is 2. The summed E-state index contributed by atoms with van der Waals surface area (Å²) in [6, 6.07) is 8.79. The smallest absolute Gasteiger partial charge is 0.409 e. The minimum absolute atomic E-state index is 0.0201. The van der Waals surface area contributed by atoms with Crippen molar-refractivity contribution in [3.63, 3.8) is 0 Å². The van der Waals surface area contributed by atoms with Gasteiger partial charge in [-0.2, -0.15) is 5.10 Å². The lowest BCUT2D eigenvalue weighted by Crippen LogP contribution is -2.56. The summed E-state index contributed by atoms with van der Waals surface area (Å²) in [5, 5.41) is 16.0. The van der Waals surface area contributed by atoms with Crippen LogP contribution in [-0.4, -0.2) is 100.0 Å². The molecule has 3 amide bonds. The number of hydrogen-bond acceptors (Lipinski definition) is 8.